The van der Waals surface area contributed by atoms with E-state index in [1.807, 2.05) is 39.0 Å². The van der Waals surface area contributed by atoms with E-state index in [9.17, 15) is 9.59 Å². The van der Waals surface area contributed by atoms with E-state index in [1.54, 1.807) is 4.90 Å². The number of hydrazine groups is 1. The van der Waals surface area contributed by atoms with E-state index in [0.717, 1.165) is 12.8 Å². The number of hydrogen-bond donors (Lipinski definition) is 1. The fourth-order valence-corrected chi connectivity index (χ4v) is 3.55. The van der Waals surface area contributed by atoms with Crippen LogP contribution in [0.4, 0.5) is 4.79 Å². The van der Waals surface area contributed by atoms with Crippen LogP contribution < -0.4 is 5.43 Å². The third kappa shape index (κ3) is 4.12. The van der Waals surface area contributed by atoms with Crippen molar-refractivity contribution in [3.8, 4) is 0 Å². The van der Waals surface area contributed by atoms with Gasteiger partial charge in [-0.2, -0.15) is 0 Å². The summed E-state index contributed by atoms with van der Waals surface area (Å²) in [5.74, 6) is 0.0571. The molecule has 2 aliphatic heterocycles. The third-order valence-corrected chi connectivity index (χ3v) is 4.85. The Balaban J connectivity index is 1.65. The van der Waals surface area contributed by atoms with E-state index >= 15 is 0 Å². The highest BCUT2D eigenvalue weighted by Gasteiger charge is 2.47. The number of piperidine rings is 1. The zero-order chi connectivity index (χ0) is 18.1. The predicted octanol–water partition coefficient (Wildman–Crippen LogP) is 2.69. The molecule has 2 fully saturated rings. The van der Waals surface area contributed by atoms with Crippen LogP contribution >= 0.6 is 0 Å². The van der Waals surface area contributed by atoms with Crippen molar-refractivity contribution in [1.29, 1.82) is 0 Å². The second kappa shape index (κ2) is 6.67. The van der Waals surface area contributed by atoms with Crippen LogP contribution in [0.25, 0.3) is 0 Å². The maximum absolute atomic E-state index is 12.3. The van der Waals surface area contributed by atoms with Crippen LogP contribution in [-0.4, -0.2) is 46.1 Å². The molecule has 2 heterocycles. The number of amides is 2. The van der Waals surface area contributed by atoms with Gasteiger partial charge in [0.15, 0.2) is 0 Å². The Bertz CT molecular complexity index is 631. The van der Waals surface area contributed by atoms with E-state index in [4.69, 9.17) is 4.74 Å². The van der Waals surface area contributed by atoms with Crippen LogP contribution in [0.15, 0.2) is 30.3 Å². The second-order valence-corrected chi connectivity index (χ2v) is 7.98. The summed E-state index contributed by atoms with van der Waals surface area (Å²) >= 11 is 0. The summed E-state index contributed by atoms with van der Waals surface area (Å²) in [6.07, 6.45) is 1.74. The number of benzene rings is 1. The fraction of sp³-hybridized carbons (Fsp3) is 0.579. The molecule has 0 atom stereocenters. The minimum atomic E-state index is -0.490. The van der Waals surface area contributed by atoms with Gasteiger partial charge in [0.2, 0.25) is 5.91 Å². The van der Waals surface area contributed by atoms with Crippen molar-refractivity contribution >= 4 is 12.0 Å². The Morgan fingerprint density at radius 2 is 1.84 bits per heavy atom. The number of ether oxygens (including phenoxy) is 1. The molecule has 0 radical (unpaired) electrons. The Kier molecular flexibility index (Phi) is 4.73. The highest BCUT2D eigenvalue weighted by molar-refractivity contribution is 5.79. The molecule has 3 rings (SSSR count). The Morgan fingerprint density at radius 1 is 1.20 bits per heavy atom. The van der Waals surface area contributed by atoms with Crippen molar-refractivity contribution in [2.45, 2.75) is 57.7 Å². The van der Waals surface area contributed by atoms with Crippen LogP contribution in [-0.2, 0) is 16.1 Å². The molecule has 0 aliphatic carbocycles. The molecule has 2 aliphatic rings. The summed E-state index contributed by atoms with van der Waals surface area (Å²) in [5, 5.41) is 2.07. The second-order valence-electron chi connectivity index (χ2n) is 7.98. The largest absolute Gasteiger partial charge is 0.444 e. The van der Waals surface area contributed by atoms with Gasteiger partial charge in [-0.15, -0.1) is 0 Å². The van der Waals surface area contributed by atoms with Gasteiger partial charge in [0, 0.05) is 26.1 Å². The molecule has 0 aromatic heterocycles. The van der Waals surface area contributed by atoms with Crippen LogP contribution in [0.3, 0.4) is 0 Å². The van der Waals surface area contributed by atoms with E-state index < -0.39 is 5.60 Å². The molecule has 1 aromatic carbocycles. The van der Waals surface area contributed by atoms with Crippen molar-refractivity contribution in [2.75, 3.05) is 13.1 Å². The zero-order valence-electron chi connectivity index (χ0n) is 15.2. The third-order valence-electron chi connectivity index (χ3n) is 4.85. The predicted molar refractivity (Wildman–Crippen MR) is 94.5 cm³/mol. The van der Waals surface area contributed by atoms with Crippen molar-refractivity contribution in [3.63, 3.8) is 0 Å². The van der Waals surface area contributed by atoms with Crippen molar-refractivity contribution in [3.05, 3.63) is 35.9 Å². The van der Waals surface area contributed by atoms with Gasteiger partial charge in [-0.05, 0) is 39.2 Å². The molecule has 1 spiro atoms. The van der Waals surface area contributed by atoms with Crippen molar-refractivity contribution in [2.24, 2.45) is 0 Å². The molecule has 1 N–H and O–H groups in total. The Labute approximate surface area is 149 Å². The maximum Gasteiger partial charge on any atom is 0.410 e. The Morgan fingerprint density at radius 3 is 2.44 bits per heavy atom. The molecule has 25 heavy (non-hydrogen) atoms. The van der Waals surface area contributed by atoms with Crippen molar-refractivity contribution < 1.29 is 14.3 Å². The van der Waals surface area contributed by atoms with E-state index in [1.165, 1.54) is 5.56 Å². The number of hydrogen-bond acceptors (Lipinski definition) is 4. The van der Waals surface area contributed by atoms with Gasteiger partial charge in [-0.25, -0.2) is 9.80 Å². The van der Waals surface area contributed by atoms with Crippen LogP contribution in [0.5, 0.6) is 0 Å². The summed E-state index contributed by atoms with van der Waals surface area (Å²) in [5.41, 5.74) is 3.46. The monoisotopic (exact) mass is 345 g/mol. The maximum atomic E-state index is 12.3. The van der Waals surface area contributed by atoms with Crippen LogP contribution in [0.1, 0.15) is 45.6 Å². The lowest BCUT2D eigenvalue weighted by atomic mass is 9.84. The molecule has 2 saturated heterocycles. The number of likely N-dealkylation sites (tertiary alicyclic amines) is 1. The standard InChI is InChI=1S/C19H27N3O3/c1-18(2,3)25-17(24)21-11-9-19(10-12-21)13-16(23)20-22(19)14-15-7-5-4-6-8-15/h4-8H,9-14H2,1-3H3,(H,20,23). The van der Waals surface area contributed by atoms with E-state index in [0.29, 0.717) is 26.1 Å². The van der Waals surface area contributed by atoms with Gasteiger partial charge in [-0.1, -0.05) is 30.3 Å². The van der Waals surface area contributed by atoms with Gasteiger partial charge in [-0.3, -0.25) is 10.2 Å². The minimum absolute atomic E-state index is 0.0571. The molecule has 0 unspecified atom stereocenters. The summed E-state index contributed by atoms with van der Waals surface area (Å²) in [7, 11) is 0. The molecule has 2 amide bonds. The first-order valence-electron chi connectivity index (χ1n) is 8.86. The molecule has 1 aromatic rings. The lowest BCUT2D eigenvalue weighted by Gasteiger charge is -2.43. The number of carbonyl (C=O) groups is 2. The zero-order valence-corrected chi connectivity index (χ0v) is 15.2. The molecule has 6 nitrogen and oxygen atoms in total. The van der Waals surface area contributed by atoms with Gasteiger partial charge >= 0.3 is 6.09 Å². The lowest BCUT2D eigenvalue weighted by Crippen LogP contribution is -2.55. The molecule has 136 valence electrons. The SMILES string of the molecule is CC(C)(C)OC(=O)N1CCC2(CC1)CC(=O)NN2Cc1ccccc1. The van der Waals surface area contributed by atoms with E-state index in [2.05, 4.69) is 22.6 Å². The minimum Gasteiger partial charge on any atom is -0.444 e. The average Bonchev–Trinajstić information content (AvgIpc) is 2.82. The summed E-state index contributed by atoms with van der Waals surface area (Å²) in [6, 6.07) is 10.1. The normalized spacial score (nSPS) is 20.6. The van der Waals surface area contributed by atoms with Gasteiger partial charge in [0.1, 0.15) is 5.60 Å². The van der Waals surface area contributed by atoms with Gasteiger partial charge < -0.3 is 9.64 Å². The van der Waals surface area contributed by atoms with Gasteiger partial charge in [0.05, 0.1) is 5.54 Å². The summed E-state index contributed by atoms with van der Waals surface area (Å²) in [4.78, 5) is 26.1. The first kappa shape index (κ1) is 17.7. The van der Waals surface area contributed by atoms with E-state index in [-0.39, 0.29) is 17.5 Å². The number of nitrogens with zero attached hydrogens (tertiary/aromatic N) is 2. The summed E-state index contributed by atoms with van der Waals surface area (Å²) in [6.45, 7) is 7.51. The fourth-order valence-electron chi connectivity index (χ4n) is 3.55. The number of nitrogens with one attached hydrogen (secondary N) is 1. The van der Waals surface area contributed by atoms with Crippen LogP contribution in [0, 0.1) is 0 Å². The smallest absolute Gasteiger partial charge is 0.410 e. The van der Waals surface area contributed by atoms with Crippen LogP contribution in [0.2, 0.25) is 0 Å². The number of rotatable bonds is 2. The van der Waals surface area contributed by atoms with Gasteiger partial charge in [0.25, 0.3) is 0 Å². The first-order valence-corrected chi connectivity index (χ1v) is 8.86. The quantitative estimate of drug-likeness (QED) is 0.895. The Hall–Kier alpha value is -2.08. The molecular formula is C19H27N3O3. The summed E-state index contributed by atoms with van der Waals surface area (Å²) < 4.78 is 5.46. The van der Waals surface area contributed by atoms with Crippen molar-refractivity contribution in [1.82, 2.24) is 15.3 Å². The number of carbonyl (C=O) groups excluding carboxylic acids is 2. The lowest BCUT2D eigenvalue weighted by molar-refractivity contribution is -0.121. The highest BCUT2D eigenvalue weighted by Crippen LogP contribution is 2.36. The molecule has 0 saturated carbocycles. The first-order chi connectivity index (χ1) is 11.8. The molecule has 0 bridgehead atoms. The average molecular weight is 345 g/mol. The molecular weight excluding hydrogens is 318 g/mol. The highest BCUT2D eigenvalue weighted by atomic mass is 16.6. The topological polar surface area (TPSA) is 61.9 Å². The molecule has 6 heteroatoms.